The van der Waals surface area contributed by atoms with Gasteiger partial charge in [-0.25, -0.2) is 8.42 Å². The predicted octanol–water partition coefficient (Wildman–Crippen LogP) is 7.20. The van der Waals surface area contributed by atoms with Crippen LogP contribution in [0.5, 0.6) is 0 Å². The van der Waals surface area contributed by atoms with Gasteiger partial charge in [0, 0.05) is 29.1 Å². The van der Waals surface area contributed by atoms with Crippen molar-refractivity contribution in [1.82, 2.24) is 10.2 Å². The van der Waals surface area contributed by atoms with E-state index >= 15 is 0 Å². The number of hydrogen-bond acceptors (Lipinski definition) is 4. The number of aryl methyl sites for hydroxylation is 1. The molecule has 4 aromatic rings. The number of halogens is 2. The Morgan fingerprint density at radius 1 is 0.804 bits per heavy atom. The van der Waals surface area contributed by atoms with Crippen molar-refractivity contribution in [2.75, 3.05) is 10.8 Å². The number of anilines is 1. The molecular formula is C36H37Cl2N3O4S. The number of nitrogens with one attached hydrogen (secondary N) is 1. The summed E-state index contributed by atoms with van der Waals surface area (Å²) in [7, 11) is -4.19. The van der Waals surface area contributed by atoms with Gasteiger partial charge >= 0.3 is 0 Å². The number of rotatable bonds is 12. The molecule has 4 aromatic carbocycles. The van der Waals surface area contributed by atoms with E-state index in [1.165, 1.54) is 17.0 Å². The summed E-state index contributed by atoms with van der Waals surface area (Å²) in [6.07, 6.45) is 4.09. The van der Waals surface area contributed by atoms with Crippen molar-refractivity contribution < 1.29 is 18.0 Å². The number of benzene rings is 4. The molecule has 1 unspecified atom stereocenters. The highest BCUT2D eigenvalue weighted by molar-refractivity contribution is 7.92. The third-order valence-electron chi connectivity index (χ3n) is 8.24. The third kappa shape index (κ3) is 8.49. The standard InChI is InChI=1S/C36H37Cl2N3O4S/c1-26-11-21-33(22-12-26)46(44,45)41(32-19-17-30(38)18-20-32)25-35(42)40(24-28-13-15-29(37)16-14-28)34(23-27-7-3-2-4-8-27)36(43)39-31-9-5-6-10-31/h2-4,7-8,11-22,31,34H,5-6,9-10,23-25H2,1H3,(H,39,43). The Hall–Kier alpha value is -3.85. The summed E-state index contributed by atoms with van der Waals surface area (Å²) in [4.78, 5) is 30.2. The summed E-state index contributed by atoms with van der Waals surface area (Å²) in [5.41, 5.74) is 2.81. The Labute approximate surface area is 281 Å². The first-order valence-electron chi connectivity index (χ1n) is 15.3. The van der Waals surface area contributed by atoms with Gasteiger partial charge < -0.3 is 10.2 Å². The van der Waals surface area contributed by atoms with Gasteiger partial charge in [-0.2, -0.15) is 0 Å². The van der Waals surface area contributed by atoms with Gasteiger partial charge in [0.05, 0.1) is 10.6 Å². The first-order valence-corrected chi connectivity index (χ1v) is 17.5. The van der Waals surface area contributed by atoms with Crippen LogP contribution in [0, 0.1) is 6.92 Å². The number of amides is 2. The zero-order valence-electron chi connectivity index (χ0n) is 25.6. The first-order chi connectivity index (χ1) is 22.1. The lowest BCUT2D eigenvalue weighted by Gasteiger charge is -2.34. The zero-order valence-corrected chi connectivity index (χ0v) is 27.9. The summed E-state index contributed by atoms with van der Waals surface area (Å²) in [5, 5.41) is 4.15. The van der Waals surface area contributed by atoms with E-state index in [2.05, 4.69) is 5.32 Å². The molecule has 0 heterocycles. The van der Waals surface area contributed by atoms with Crippen LogP contribution in [0.25, 0.3) is 0 Å². The number of nitrogens with zero attached hydrogens (tertiary/aromatic N) is 2. The minimum absolute atomic E-state index is 0.0331. The van der Waals surface area contributed by atoms with Gasteiger partial charge in [-0.1, -0.05) is 96.2 Å². The Morgan fingerprint density at radius 2 is 1.39 bits per heavy atom. The van der Waals surface area contributed by atoms with E-state index in [0.29, 0.717) is 10.0 Å². The lowest BCUT2D eigenvalue weighted by molar-refractivity contribution is -0.140. The van der Waals surface area contributed by atoms with Crippen LogP contribution in [-0.4, -0.2) is 43.8 Å². The Bertz CT molecular complexity index is 1730. The molecule has 46 heavy (non-hydrogen) atoms. The fraction of sp³-hybridized carbons (Fsp3) is 0.278. The Morgan fingerprint density at radius 3 is 2.00 bits per heavy atom. The summed E-state index contributed by atoms with van der Waals surface area (Å²) in [6.45, 7) is 1.41. The van der Waals surface area contributed by atoms with E-state index in [1.807, 2.05) is 37.3 Å². The molecule has 0 bridgehead atoms. The molecule has 1 aliphatic rings. The molecule has 1 aliphatic carbocycles. The molecule has 1 saturated carbocycles. The largest absolute Gasteiger partial charge is 0.352 e. The molecule has 0 radical (unpaired) electrons. The zero-order chi connectivity index (χ0) is 32.7. The lowest BCUT2D eigenvalue weighted by Crippen LogP contribution is -2.54. The lowest BCUT2D eigenvalue weighted by atomic mass is 10.0. The van der Waals surface area contributed by atoms with E-state index < -0.39 is 28.5 Å². The average molecular weight is 679 g/mol. The van der Waals surface area contributed by atoms with Crippen LogP contribution in [0.3, 0.4) is 0 Å². The maximum atomic E-state index is 14.6. The van der Waals surface area contributed by atoms with Crippen LogP contribution < -0.4 is 9.62 Å². The van der Waals surface area contributed by atoms with Gasteiger partial charge in [0.25, 0.3) is 10.0 Å². The third-order valence-corrected chi connectivity index (χ3v) is 10.5. The second-order valence-corrected chi connectivity index (χ2v) is 14.4. The fourth-order valence-corrected chi connectivity index (χ4v) is 7.35. The number of sulfonamides is 1. The van der Waals surface area contributed by atoms with Crippen molar-refractivity contribution in [3.05, 3.63) is 130 Å². The average Bonchev–Trinajstić information content (AvgIpc) is 3.56. The van der Waals surface area contributed by atoms with E-state index in [9.17, 15) is 18.0 Å². The quantitative estimate of drug-likeness (QED) is 0.172. The Kier molecular flexibility index (Phi) is 11.0. The van der Waals surface area contributed by atoms with E-state index in [1.54, 1.807) is 60.7 Å². The van der Waals surface area contributed by atoms with Gasteiger partial charge in [-0.05, 0) is 79.4 Å². The molecule has 5 rings (SSSR count). The molecular weight excluding hydrogens is 641 g/mol. The van der Waals surface area contributed by atoms with Crippen molar-refractivity contribution in [1.29, 1.82) is 0 Å². The second kappa shape index (κ2) is 15.2. The van der Waals surface area contributed by atoms with Crippen molar-refractivity contribution in [3.63, 3.8) is 0 Å². The maximum absolute atomic E-state index is 14.6. The Balaban J connectivity index is 1.55. The minimum atomic E-state index is -4.19. The monoisotopic (exact) mass is 677 g/mol. The molecule has 0 aromatic heterocycles. The van der Waals surface area contributed by atoms with Crippen LogP contribution in [0.2, 0.25) is 10.0 Å². The van der Waals surface area contributed by atoms with Crippen LogP contribution in [0.1, 0.15) is 42.4 Å². The normalized spacial score (nSPS) is 14.1. The van der Waals surface area contributed by atoms with Crippen molar-refractivity contribution in [2.45, 2.75) is 62.6 Å². The summed E-state index contributed by atoms with van der Waals surface area (Å²) in [6, 6.07) is 28.5. The summed E-state index contributed by atoms with van der Waals surface area (Å²) >= 11 is 12.3. The predicted molar refractivity (Wildman–Crippen MR) is 183 cm³/mol. The van der Waals surface area contributed by atoms with Crippen molar-refractivity contribution in [2.24, 2.45) is 0 Å². The van der Waals surface area contributed by atoms with Gasteiger partial charge in [0.15, 0.2) is 0 Å². The van der Waals surface area contributed by atoms with Crippen molar-refractivity contribution >= 4 is 50.7 Å². The van der Waals surface area contributed by atoms with Crippen LogP contribution in [-0.2, 0) is 32.6 Å². The molecule has 0 spiro atoms. The SMILES string of the molecule is Cc1ccc(S(=O)(=O)N(CC(=O)N(Cc2ccc(Cl)cc2)C(Cc2ccccc2)C(=O)NC2CCCC2)c2ccc(Cl)cc2)cc1. The smallest absolute Gasteiger partial charge is 0.264 e. The number of carbonyl (C=O) groups excluding carboxylic acids is 2. The highest BCUT2D eigenvalue weighted by atomic mass is 35.5. The van der Waals surface area contributed by atoms with Gasteiger partial charge in [-0.3, -0.25) is 13.9 Å². The van der Waals surface area contributed by atoms with Crippen LogP contribution >= 0.6 is 23.2 Å². The van der Waals surface area contributed by atoms with Crippen LogP contribution in [0.4, 0.5) is 5.69 Å². The maximum Gasteiger partial charge on any atom is 0.264 e. The molecule has 1 fully saturated rings. The molecule has 1 N–H and O–H groups in total. The van der Waals surface area contributed by atoms with E-state index in [4.69, 9.17) is 23.2 Å². The van der Waals surface area contributed by atoms with Gasteiger partial charge in [0.2, 0.25) is 11.8 Å². The molecule has 10 heteroatoms. The molecule has 0 saturated heterocycles. The van der Waals surface area contributed by atoms with E-state index in [-0.39, 0.29) is 35.5 Å². The summed E-state index contributed by atoms with van der Waals surface area (Å²) in [5.74, 6) is -0.791. The number of hydrogen-bond donors (Lipinski definition) is 1. The highest BCUT2D eigenvalue weighted by Crippen LogP contribution is 2.27. The fourth-order valence-electron chi connectivity index (χ4n) is 5.68. The number of carbonyl (C=O) groups is 2. The molecule has 7 nitrogen and oxygen atoms in total. The molecule has 1 atom stereocenters. The highest BCUT2D eigenvalue weighted by Gasteiger charge is 2.35. The molecule has 2 amide bonds. The first kappa shape index (κ1) is 33.5. The van der Waals surface area contributed by atoms with E-state index in [0.717, 1.165) is 46.7 Å². The molecule has 240 valence electrons. The van der Waals surface area contributed by atoms with Gasteiger partial charge in [0.1, 0.15) is 12.6 Å². The minimum Gasteiger partial charge on any atom is -0.352 e. The molecule has 0 aliphatic heterocycles. The van der Waals surface area contributed by atoms with Crippen molar-refractivity contribution in [3.8, 4) is 0 Å². The summed E-state index contributed by atoms with van der Waals surface area (Å²) < 4.78 is 29.4. The van der Waals surface area contributed by atoms with Gasteiger partial charge in [-0.15, -0.1) is 0 Å². The second-order valence-electron chi connectivity index (χ2n) is 11.6. The topological polar surface area (TPSA) is 86.8 Å². The van der Waals surface area contributed by atoms with Crippen LogP contribution in [0.15, 0.2) is 108 Å².